The summed E-state index contributed by atoms with van der Waals surface area (Å²) in [7, 11) is 0. The molecule has 0 saturated heterocycles. The minimum Gasteiger partial charge on any atom is -0.0786 e. The molecular weight excluding hydrogens is 420 g/mol. The van der Waals surface area contributed by atoms with Crippen molar-refractivity contribution in [2.24, 2.45) is 0 Å². The Kier molecular flexibility index (Phi) is 4.68. The third-order valence-corrected chi connectivity index (χ3v) is 5.56. The van der Waals surface area contributed by atoms with Crippen LogP contribution in [-0.2, 0) is 0 Å². The Morgan fingerprint density at radius 2 is 1.50 bits per heavy atom. The summed E-state index contributed by atoms with van der Waals surface area (Å²) in [4.78, 5) is 0.208. The summed E-state index contributed by atoms with van der Waals surface area (Å²) in [6.07, 6.45) is 0. The van der Waals surface area contributed by atoms with E-state index in [1.807, 2.05) is 6.07 Å². The molecule has 18 heavy (non-hydrogen) atoms. The lowest BCUT2D eigenvalue weighted by Crippen LogP contribution is -1.98. The molecular formula is C15H13Br3. The molecule has 0 radical (unpaired) electrons. The highest BCUT2D eigenvalue weighted by Crippen LogP contribution is 2.38. The van der Waals surface area contributed by atoms with Crippen LogP contribution in [0.2, 0.25) is 0 Å². The van der Waals surface area contributed by atoms with Crippen molar-refractivity contribution in [1.29, 1.82) is 0 Å². The van der Waals surface area contributed by atoms with E-state index in [0.717, 1.165) is 8.95 Å². The van der Waals surface area contributed by atoms with Gasteiger partial charge >= 0.3 is 0 Å². The van der Waals surface area contributed by atoms with Crippen molar-refractivity contribution in [2.75, 3.05) is 0 Å². The second-order valence-corrected chi connectivity index (χ2v) is 6.97. The van der Waals surface area contributed by atoms with Gasteiger partial charge in [-0.2, -0.15) is 0 Å². The SMILES string of the molecule is Cc1cc(C(Br)c2ccccc2Br)c(C)cc1Br. The highest BCUT2D eigenvalue weighted by atomic mass is 79.9. The quantitative estimate of drug-likeness (QED) is 0.487. The topological polar surface area (TPSA) is 0 Å². The van der Waals surface area contributed by atoms with Gasteiger partial charge < -0.3 is 0 Å². The molecule has 0 aromatic heterocycles. The summed E-state index contributed by atoms with van der Waals surface area (Å²) in [6, 6.07) is 12.7. The van der Waals surface area contributed by atoms with Gasteiger partial charge in [0, 0.05) is 8.95 Å². The normalized spacial score (nSPS) is 12.5. The van der Waals surface area contributed by atoms with E-state index in [-0.39, 0.29) is 4.83 Å². The van der Waals surface area contributed by atoms with Gasteiger partial charge in [-0.15, -0.1) is 0 Å². The Bertz CT molecular complexity index is 576. The van der Waals surface area contributed by atoms with Crippen LogP contribution in [-0.4, -0.2) is 0 Å². The zero-order chi connectivity index (χ0) is 13.3. The van der Waals surface area contributed by atoms with E-state index < -0.39 is 0 Å². The van der Waals surface area contributed by atoms with E-state index in [9.17, 15) is 0 Å². The average Bonchev–Trinajstić information content (AvgIpc) is 2.33. The second-order valence-electron chi connectivity index (χ2n) is 4.34. The fourth-order valence-corrected chi connectivity index (χ4v) is 4.10. The molecule has 1 atom stereocenters. The van der Waals surface area contributed by atoms with Gasteiger partial charge in [0.25, 0.3) is 0 Å². The number of rotatable bonds is 2. The molecule has 0 aliphatic rings. The maximum Gasteiger partial charge on any atom is 0.0658 e. The molecule has 2 aromatic carbocycles. The number of hydrogen-bond acceptors (Lipinski definition) is 0. The highest BCUT2D eigenvalue weighted by molar-refractivity contribution is 9.11. The number of halogens is 3. The van der Waals surface area contributed by atoms with Gasteiger partial charge in [0.2, 0.25) is 0 Å². The van der Waals surface area contributed by atoms with E-state index >= 15 is 0 Å². The van der Waals surface area contributed by atoms with E-state index in [0.29, 0.717) is 0 Å². The molecule has 1 unspecified atom stereocenters. The van der Waals surface area contributed by atoms with Crippen LogP contribution in [0.4, 0.5) is 0 Å². The molecule has 0 aliphatic carbocycles. The van der Waals surface area contributed by atoms with Crippen LogP contribution in [0.5, 0.6) is 0 Å². The Labute approximate surface area is 133 Å². The van der Waals surface area contributed by atoms with Crippen molar-refractivity contribution >= 4 is 47.8 Å². The summed E-state index contributed by atoms with van der Waals surface area (Å²) >= 11 is 11.0. The van der Waals surface area contributed by atoms with Gasteiger partial charge in [0.1, 0.15) is 0 Å². The summed E-state index contributed by atoms with van der Waals surface area (Å²) in [6.45, 7) is 4.26. The Morgan fingerprint density at radius 3 is 2.17 bits per heavy atom. The highest BCUT2D eigenvalue weighted by Gasteiger charge is 2.16. The van der Waals surface area contributed by atoms with Gasteiger partial charge in [0.15, 0.2) is 0 Å². The van der Waals surface area contributed by atoms with Crippen molar-refractivity contribution in [3.63, 3.8) is 0 Å². The molecule has 0 nitrogen and oxygen atoms in total. The largest absolute Gasteiger partial charge is 0.0786 e. The summed E-state index contributed by atoms with van der Waals surface area (Å²) in [5.74, 6) is 0. The third kappa shape index (κ3) is 2.89. The lowest BCUT2D eigenvalue weighted by Gasteiger charge is -2.16. The first-order valence-electron chi connectivity index (χ1n) is 5.66. The van der Waals surface area contributed by atoms with Gasteiger partial charge in [-0.05, 0) is 48.2 Å². The van der Waals surface area contributed by atoms with Crippen molar-refractivity contribution in [3.05, 3.63) is 67.6 Å². The molecule has 0 bridgehead atoms. The van der Waals surface area contributed by atoms with Crippen LogP contribution in [0, 0.1) is 13.8 Å². The molecule has 0 saturated carbocycles. The predicted molar refractivity (Wildman–Crippen MR) is 88.5 cm³/mol. The van der Waals surface area contributed by atoms with E-state index in [1.54, 1.807) is 0 Å². The monoisotopic (exact) mass is 430 g/mol. The van der Waals surface area contributed by atoms with Gasteiger partial charge in [0.05, 0.1) is 4.83 Å². The fraction of sp³-hybridized carbons (Fsp3) is 0.200. The van der Waals surface area contributed by atoms with Crippen LogP contribution < -0.4 is 0 Å². The number of hydrogen-bond donors (Lipinski definition) is 0. The minimum absolute atomic E-state index is 0.208. The average molecular weight is 433 g/mol. The van der Waals surface area contributed by atoms with Crippen molar-refractivity contribution < 1.29 is 0 Å². The maximum atomic E-state index is 3.81. The molecule has 94 valence electrons. The van der Waals surface area contributed by atoms with Crippen molar-refractivity contribution in [3.8, 4) is 0 Å². The Hall–Kier alpha value is -0.120. The van der Waals surface area contributed by atoms with Gasteiger partial charge in [-0.1, -0.05) is 72.1 Å². The van der Waals surface area contributed by atoms with Gasteiger partial charge in [-0.25, -0.2) is 0 Å². The summed E-state index contributed by atoms with van der Waals surface area (Å²) < 4.78 is 2.29. The first-order valence-corrected chi connectivity index (χ1v) is 8.16. The first kappa shape index (κ1) is 14.3. The number of alkyl halides is 1. The smallest absolute Gasteiger partial charge is 0.0658 e. The number of aryl methyl sites for hydroxylation is 2. The number of benzene rings is 2. The molecule has 0 heterocycles. The molecule has 2 aromatic rings. The van der Waals surface area contributed by atoms with Crippen LogP contribution in [0.3, 0.4) is 0 Å². The lowest BCUT2D eigenvalue weighted by molar-refractivity contribution is 1.12. The van der Waals surface area contributed by atoms with E-state index in [4.69, 9.17) is 0 Å². The summed E-state index contributed by atoms with van der Waals surface area (Å²) in [5, 5.41) is 0. The molecule has 0 fully saturated rings. The summed E-state index contributed by atoms with van der Waals surface area (Å²) in [5.41, 5.74) is 5.10. The maximum absolute atomic E-state index is 3.81. The molecule has 0 spiro atoms. The molecule has 2 rings (SSSR count). The lowest BCUT2D eigenvalue weighted by atomic mass is 9.98. The molecule has 3 heteroatoms. The Morgan fingerprint density at radius 1 is 0.833 bits per heavy atom. The van der Waals surface area contributed by atoms with Crippen LogP contribution in [0.1, 0.15) is 27.1 Å². The van der Waals surface area contributed by atoms with Crippen LogP contribution >= 0.6 is 47.8 Å². The van der Waals surface area contributed by atoms with Crippen LogP contribution in [0.15, 0.2) is 45.3 Å². The standard InChI is InChI=1S/C15H13Br3/c1-9-8-14(17)10(2)7-12(9)15(18)11-5-3-4-6-13(11)16/h3-8,15H,1-2H3. The fourth-order valence-electron chi connectivity index (χ4n) is 1.92. The third-order valence-electron chi connectivity index (χ3n) is 3.00. The minimum atomic E-state index is 0.208. The molecule has 0 N–H and O–H groups in total. The molecule has 0 amide bonds. The first-order chi connectivity index (χ1) is 8.50. The predicted octanol–water partition coefficient (Wildman–Crippen LogP) is 6.31. The van der Waals surface area contributed by atoms with Crippen molar-refractivity contribution in [1.82, 2.24) is 0 Å². The molecule has 0 aliphatic heterocycles. The van der Waals surface area contributed by atoms with Crippen molar-refractivity contribution in [2.45, 2.75) is 18.7 Å². The zero-order valence-corrected chi connectivity index (χ0v) is 14.9. The van der Waals surface area contributed by atoms with Gasteiger partial charge in [-0.3, -0.25) is 0 Å². The zero-order valence-electron chi connectivity index (χ0n) is 10.2. The Balaban J connectivity index is 2.50. The second kappa shape index (κ2) is 5.89. The van der Waals surface area contributed by atoms with E-state index in [2.05, 4.69) is 92.0 Å². The van der Waals surface area contributed by atoms with Crippen LogP contribution in [0.25, 0.3) is 0 Å². The van der Waals surface area contributed by atoms with E-state index in [1.165, 1.54) is 22.3 Å².